The molecule has 0 N–H and O–H groups in total. The van der Waals surface area contributed by atoms with E-state index in [4.69, 9.17) is 0 Å². The average molecular weight is 193 g/mol. The highest BCUT2D eigenvalue weighted by Gasteiger charge is 1.91. The van der Waals surface area contributed by atoms with Gasteiger partial charge in [-0.2, -0.15) is 0 Å². The third-order valence-electron chi connectivity index (χ3n) is 1.88. The number of benzene rings is 1. The second-order valence-electron chi connectivity index (χ2n) is 2.52. The molecule has 64 valence electrons. The van der Waals surface area contributed by atoms with Gasteiger partial charge in [0.05, 0.1) is 0 Å². The van der Waals surface area contributed by atoms with E-state index in [1.807, 2.05) is 0 Å². The van der Waals surface area contributed by atoms with Crippen LogP contribution in [0.15, 0.2) is 18.2 Å². The summed E-state index contributed by atoms with van der Waals surface area (Å²) >= 11 is 0. The minimum atomic E-state index is 0. The topological polar surface area (TPSA) is 0 Å². The predicted molar refractivity (Wildman–Crippen MR) is 55.1 cm³/mol. The van der Waals surface area contributed by atoms with Crippen LogP contribution < -0.4 is 0 Å². The van der Waals surface area contributed by atoms with Gasteiger partial charge in [0.2, 0.25) is 0 Å². The van der Waals surface area contributed by atoms with Crippen molar-refractivity contribution >= 4 is 24.8 Å². The molecule has 0 nitrogen and oxygen atoms in total. The Kier molecular flexibility index (Phi) is 6.64. The Labute approximate surface area is 80.8 Å². The monoisotopic (exact) mass is 192 g/mol. The molecule has 1 rings (SSSR count). The van der Waals surface area contributed by atoms with Crippen LogP contribution in [0.2, 0.25) is 0 Å². The van der Waals surface area contributed by atoms with Gasteiger partial charge in [0.25, 0.3) is 0 Å². The highest BCUT2D eigenvalue weighted by Crippen LogP contribution is 2.09. The maximum atomic E-state index is 2.16. The zero-order valence-corrected chi connectivity index (χ0v) is 8.68. The fourth-order valence-electron chi connectivity index (χ4n) is 0.898. The van der Waals surface area contributed by atoms with Gasteiger partial charge in [-0.1, -0.05) is 18.2 Å². The second-order valence-corrected chi connectivity index (χ2v) is 2.52. The van der Waals surface area contributed by atoms with E-state index in [0.29, 0.717) is 0 Å². The van der Waals surface area contributed by atoms with E-state index in [-0.39, 0.29) is 24.8 Å². The third kappa shape index (κ3) is 3.13. The molecule has 0 fully saturated rings. The van der Waals surface area contributed by atoms with Gasteiger partial charge in [-0.15, -0.1) is 24.8 Å². The molecule has 0 atom stereocenters. The maximum Gasteiger partial charge on any atom is -0.0392 e. The van der Waals surface area contributed by atoms with E-state index in [2.05, 4.69) is 39.0 Å². The van der Waals surface area contributed by atoms with Crippen LogP contribution in [0.4, 0.5) is 0 Å². The Balaban J connectivity index is 0. The Morgan fingerprint density at radius 2 is 1.18 bits per heavy atom. The number of rotatable bonds is 0. The molecule has 0 heterocycles. The van der Waals surface area contributed by atoms with Gasteiger partial charge in [-0.3, -0.25) is 0 Å². The maximum absolute atomic E-state index is 2.16. The number of halogens is 2. The fourth-order valence-corrected chi connectivity index (χ4v) is 0.898. The first kappa shape index (κ1) is 13.4. The highest BCUT2D eigenvalue weighted by molar-refractivity contribution is 5.85. The molecule has 0 amide bonds. The first-order valence-corrected chi connectivity index (χ1v) is 3.24. The minimum absolute atomic E-state index is 0. The van der Waals surface area contributed by atoms with Crippen molar-refractivity contribution < 1.29 is 0 Å². The van der Waals surface area contributed by atoms with E-state index in [1.54, 1.807) is 0 Å². The van der Waals surface area contributed by atoms with Crippen LogP contribution in [0.1, 0.15) is 16.7 Å². The van der Waals surface area contributed by atoms with Crippen molar-refractivity contribution in [2.75, 3.05) is 0 Å². The fraction of sp³-hybridized carbons (Fsp3) is 0.333. The number of hydrogen-bond acceptors (Lipinski definition) is 0. The average Bonchev–Trinajstić information content (AvgIpc) is 1.83. The quantitative estimate of drug-likeness (QED) is 0.591. The van der Waals surface area contributed by atoms with Gasteiger partial charge in [-0.25, -0.2) is 0 Å². The summed E-state index contributed by atoms with van der Waals surface area (Å²) in [5.41, 5.74) is 4.18. The predicted octanol–water partition coefficient (Wildman–Crippen LogP) is 3.46. The van der Waals surface area contributed by atoms with Crippen molar-refractivity contribution in [1.29, 1.82) is 0 Å². The van der Waals surface area contributed by atoms with Gasteiger partial charge in [0.15, 0.2) is 0 Å². The first-order valence-electron chi connectivity index (χ1n) is 3.24. The standard InChI is InChI=1S/C9H12.2ClH/c1-7-5-4-6-8(2)9(7)3;;/h4-6H,1-3H3;2*1H. The van der Waals surface area contributed by atoms with Crippen molar-refractivity contribution in [1.82, 2.24) is 0 Å². The summed E-state index contributed by atoms with van der Waals surface area (Å²) in [4.78, 5) is 0. The van der Waals surface area contributed by atoms with Gasteiger partial charge in [-0.05, 0) is 37.5 Å². The lowest BCUT2D eigenvalue weighted by atomic mass is 10.1. The molecule has 0 spiro atoms. The van der Waals surface area contributed by atoms with E-state index in [9.17, 15) is 0 Å². The van der Waals surface area contributed by atoms with Crippen LogP contribution in [-0.4, -0.2) is 0 Å². The molecule has 0 aliphatic carbocycles. The van der Waals surface area contributed by atoms with Crippen molar-refractivity contribution in [3.05, 3.63) is 34.9 Å². The van der Waals surface area contributed by atoms with E-state index >= 15 is 0 Å². The van der Waals surface area contributed by atoms with Crippen molar-refractivity contribution in [3.8, 4) is 0 Å². The lowest BCUT2D eigenvalue weighted by Gasteiger charge is -2.00. The van der Waals surface area contributed by atoms with Crippen molar-refractivity contribution in [2.45, 2.75) is 20.8 Å². The Bertz CT molecular complexity index is 199. The van der Waals surface area contributed by atoms with Gasteiger partial charge < -0.3 is 0 Å². The molecule has 0 radical (unpaired) electrons. The molecule has 1 aromatic carbocycles. The normalized spacial score (nSPS) is 7.91. The Morgan fingerprint density at radius 1 is 0.818 bits per heavy atom. The van der Waals surface area contributed by atoms with E-state index < -0.39 is 0 Å². The smallest absolute Gasteiger partial charge is 0.0392 e. The van der Waals surface area contributed by atoms with Gasteiger partial charge in [0, 0.05) is 0 Å². The van der Waals surface area contributed by atoms with Crippen LogP contribution in [-0.2, 0) is 0 Å². The Hall–Kier alpha value is -0.200. The van der Waals surface area contributed by atoms with Crippen LogP contribution in [0.3, 0.4) is 0 Å². The summed E-state index contributed by atoms with van der Waals surface area (Å²) in [6.45, 7) is 6.44. The summed E-state index contributed by atoms with van der Waals surface area (Å²) < 4.78 is 0. The first-order chi connectivity index (χ1) is 4.22. The second kappa shape index (κ2) is 5.45. The molecule has 0 unspecified atom stereocenters. The highest BCUT2D eigenvalue weighted by atomic mass is 35.5. The summed E-state index contributed by atoms with van der Waals surface area (Å²) in [5.74, 6) is 0. The molecule has 0 bridgehead atoms. The lowest BCUT2D eigenvalue weighted by Crippen LogP contribution is -1.82. The van der Waals surface area contributed by atoms with Gasteiger partial charge in [0.1, 0.15) is 0 Å². The zero-order valence-electron chi connectivity index (χ0n) is 7.05. The molecule has 11 heavy (non-hydrogen) atoms. The largest absolute Gasteiger partial charge is 0.147 e. The molecule has 0 aromatic heterocycles. The SMILES string of the molecule is Cc1cccc(C)c1C.Cl.Cl. The number of hydrogen-bond donors (Lipinski definition) is 0. The molecule has 0 aliphatic heterocycles. The van der Waals surface area contributed by atoms with Crippen molar-refractivity contribution in [3.63, 3.8) is 0 Å². The Morgan fingerprint density at radius 3 is 1.45 bits per heavy atom. The van der Waals surface area contributed by atoms with Crippen molar-refractivity contribution in [2.24, 2.45) is 0 Å². The number of aryl methyl sites for hydroxylation is 2. The molecule has 0 saturated carbocycles. The molecule has 2 heteroatoms. The van der Waals surface area contributed by atoms with Crippen LogP contribution in [0, 0.1) is 20.8 Å². The summed E-state index contributed by atoms with van der Waals surface area (Å²) in [7, 11) is 0. The lowest BCUT2D eigenvalue weighted by molar-refractivity contribution is 1.27. The molecule has 0 aliphatic rings. The van der Waals surface area contributed by atoms with Crippen LogP contribution in [0.25, 0.3) is 0 Å². The summed E-state index contributed by atoms with van der Waals surface area (Å²) in [5, 5.41) is 0. The zero-order chi connectivity index (χ0) is 6.85. The summed E-state index contributed by atoms with van der Waals surface area (Å²) in [6, 6.07) is 6.38. The van der Waals surface area contributed by atoms with Crippen LogP contribution in [0.5, 0.6) is 0 Å². The molecule has 0 saturated heterocycles. The third-order valence-corrected chi connectivity index (χ3v) is 1.88. The molecular formula is C9H14Cl2. The van der Waals surface area contributed by atoms with E-state index in [0.717, 1.165) is 0 Å². The molecule has 1 aromatic rings. The van der Waals surface area contributed by atoms with Gasteiger partial charge >= 0.3 is 0 Å². The van der Waals surface area contributed by atoms with E-state index in [1.165, 1.54) is 16.7 Å². The minimum Gasteiger partial charge on any atom is -0.147 e. The molecular weight excluding hydrogens is 179 g/mol. The van der Waals surface area contributed by atoms with Crippen LogP contribution >= 0.6 is 24.8 Å². The summed E-state index contributed by atoms with van der Waals surface area (Å²) in [6.07, 6.45) is 0.